The molecule has 2 rings (SSSR count). The van der Waals surface area contributed by atoms with Crippen molar-refractivity contribution in [3.63, 3.8) is 0 Å². The lowest BCUT2D eigenvalue weighted by molar-refractivity contribution is 0.0737. The largest absolute Gasteiger partial charge is 0.384 e. The molecule has 0 spiro atoms. The molecule has 0 aliphatic carbocycles. The zero-order chi connectivity index (χ0) is 11.6. The van der Waals surface area contributed by atoms with Gasteiger partial charge in [0.15, 0.2) is 0 Å². The van der Waals surface area contributed by atoms with E-state index in [-0.39, 0.29) is 0 Å². The van der Waals surface area contributed by atoms with Crippen LogP contribution < -0.4 is 0 Å². The third kappa shape index (κ3) is 2.43. The maximum atomic E-state index is 9.74. The molecule has 0 aliphatic heterocycles. The van der Waals surface area contributed by atoms with Gasteiger partial charge in [0.05, 0.1) is 18.4 Å². The van der Waals surface area contributed by atoms with Crippen molar-refractivity contribution in [2.24, 2.45) is 0 Å². The predicted octanol–water partition coefficient (Wildman–Crippen LogP) is 0.949. The van der Waals surface area contributed by atoms with Crippen molar-refractivity contribution in [3.8, 4) is 0 Å². The van der Waals surface area contributed by atoms with Gasteiger partial charge in [-0.1, -0.05) is 11.3 Å². The highest BCUT2D eigenvalue weighted by Gasteiger charge is 2.19. The van der Waals surface area contributed by atoms with Crippen LogP contribution in [-0.2, 0) is 12.1 Å². The van der Waals surface area contributed by atoms with Crippen LogP contribution in [0, 0.1) is 0 Å². The SMILES string of the molecule is CC(C)(O)c1cn(Cc2ccccn2)nn1. The van der Waals surface area contributed by atoms with Crippen LogP contribution in [0.1, 0.15) is 25.2 Å². The molecule has 2 heterocycles. The average molecular weight is 218 g/mol. The summed E-state index contributed by atoms with van der Waals surface area (Å²) in [7, 11) is 0. The molecule has 2 aromatic rings. The first kappa shape index (κ1) is 10.8. The monoisotopic (exact) mass is 218 g/mol. The van der Waals surface area contributed by atoms with Crippen LogP contribution in [0.2, 0.25) is 0 Å². The zero-order valence-corrected chi connectivity index (χ0v) is 9.33. The van der Waals surface area contributed by atoms with E-state index in [4.69, 9.17) is 0 Å². The van der Waals surface area contributed by atoms with E-state index in [1.54, 1.807) is 30.9 Å². The summed E-state index contributed by atoms with van der Waals surface area (Å²) in [4.78, 5) is 4.19. The summed E-state index contributed by atoms with van der Waals surface area (Å²) < 4.78 is 1.66. The third-order valence-electron chi connectivity index (χ3n) is 2.22. The third-order valence-corrected chi connectivity index (χ3v) is 2.22. The predicted molar refractivity (Wildman–Crippen MR) is 58.6 cm³/mol. The van der Waals surface area contributed by atoms with Crippen LogP contribution in [0.5, 0.6) is 0 Å². The maximum Gasteiger partial charge on any atom is 0.114 e. The Labute approximate surface area is 93.8 Å². The Morgan fingerprint density at radius 3 is 2.75 bits per heavy atom. The first-order chi connectivity index (χ1) is 7.55. The summed E-state index contributed by atoms with van der Waals surface area (Å²) in [5.74, 6) is 0. The van der Waals surface area contributed by atoms with Crippen molar-refractivity contribution in [1.82, 2.24) is 20.0 Å². The first-order valence-corrected chi connectivity index (χ1v) is 5.08. The molecule has 16 heavy (non-hydrogen) atoms. The summed E-state index contributed by atoms with van der Waals surface area (Å²) in [6.07, 6.45) is 3.47. The fraction of sp³-hybridized carbons (Fsp3) is 0.364. The van der Waals surface area contributed by atoms with Gasteiger partial charge in [-0.05, 0) is 26.0 Å². The minimum atomic E-state index is -0.956. The van der Waals surface area contributed by atoms with Crippen LogP contribution in [0.4, 0.5) is 0 Å². The lowest BCUT2D eigenvalue weighted by atomic mass is 10.1. The standard InChI is InChI=1S/C11H14N4O/c1-11(2,16)10-8-15(14-13-10)7-9-5-3-4-6-12-9/h3-6,8,16H,7H2,1-2H3. The van der Waals surface area contributed by atoms with Crippen molar-refractivity contribution in [2.45, 2.75) is 26.0 Å². The van der Waals surface area contributed by atoms with Crippen molar-refractivity contribution < 1.29 is 5.11 Å². The molecule has 84 valence electrons. The Morgan fingerprint density at radius 1 is 1.38 bits per heavy atom. The van der Waals surface area contributed by atoms with Gasteiger partial charge in [0, 0.05) is 6.20 Å². The molecule has 0 saturated heterocycles. The lowest BCUT2D eigenvalue weighted by Gasteiger charge is -2.11. The lowest BCUT2D eigenvalue weighted by Crippen LogP contribution is -2.15. The van der Waals surface area contributed by atoms with Crippen LogP contribution in [0.25, 0.3) is 0 Å². The van der Waals surface area contributed by atoms with Gasteiger partial charge in [-0.25, -0.2) is 4.68 Å². The van der Waals surface area contributed by atoms with Gasteiger partial charge in [0.1, 0.15) is 11.3 Å². The molecule has 0 fully saturated rings. The number of aliphatic hydroxyl groups is 1. The van der Waals surface area contributed by atoms with E-state index in [1.807, 2.05) is 18.2 Å². The zero-order valence-electron chi connectivity index (χ0n) is 9.33. The van der Waals surface area contributed by atoms with E-state index in [0.717, 1.165) is 5.69 Å². The highest BCUT2D eigenvalue weighted by molar-refractivity contribution is 5.06. The van der Waals surface area contributed by atoms with Crippen molar-refractivity contribution in [3.05, 3.63) is 42.0 Å². The van der Waals surface area contributed by atoms with Gasteiger partial charge < -0.3 is 5.11 Å². The minimum Gasteiger partial charge on any atom is -0.384 e. The Hall–Kier alpha value is -1.75. The highest BCUT2D eigenvalue weighted by Crippen LogP contribution is 2.15. The van der Waals surface area contributed by atoms with E-state index in [9.17, 15) is 5.11 Å². The number of pyridine rings is 1. The molecular formula is C11H14N4O. The van der Waals surface area contributed by atoms with Crippen LogP contribution in [-0.4, -0.2) is 25.1 Å². The summed E-state index contributed by atoms with van der Waals surface area (Å²) >= 11 is 0. The highest BCUT2D eigenvalue weighted by atomic mass is 16.3. The second-order valence-electron chi connectivity index (χ2n) is 4.18. The fourth-order valence-electron chi connectivity index (χ4n) is 1.31. The molecular weight excluding hydrogens is 204 g/mol. The summed E-state index contributed by atoms with van der Waals surface area (Å²) in [6, 6.07) is 5.72. The van der Waals surface area contributed by atoms with Gasteiger partial charge in [0.25, 0.3) is 0 Å². The van der Waals surface area contributed by atoms with Crippen LogP contribution in [0.15, 0.2) is 30.6 Å². The minimum absolute atomic E-state index is 0.559. The van der Waals surface area contributed by atoms with E-state index in [0.29, 0.717) is 12.2 Å². The molecule has 5 nitrogen and oxygen atoms in total. The van der Waals surface area contributed by atoms with E-state index < -0.39 is 5.60 Å². The second-order valence-corrected chi connectivity index (χ2v) is 4.18. The molecule has 5 heteroatoms. The average Bonchev–Trinajstić information content (AvgIpc) is 2.67. The quantitative estimate of drug-likeness (QED) is 0.833. The molecule has 0 radical (unpaired) electrons. The Bertz CT molecular complexity index is 458. The fourth-order valence-corrected chi connectivity index (χ4v) is 1.31. The molecule has 0 aliphatic rings. The first-order valence-electron chi connectivity index (χ1n) is 5.08. The summed E-state index contributed by atoms with van der Waals surface area (Å²) in [6.45, 7) is 3.92. The van der Waals surface area contributed by atoms with Gasteiger partial charge in [-0.2, -0.15) is 0 Å². The van der Waals surface area contributed by atoms with E-state index in [2.05, 4.69) is 15.3 Å². The number of hydrogen-bond donors (Lipinski definition) is 1. The van der Waals surface area contributed by atoms with E-state index in [1.165, 1.54) is 0 Å². The summed E-state index contributed by atoms with van der Waals surface area (Å²) in [5.41, 5.74) is 0.515. The van der Waals surface area contributed by atoms with E-state index >= 15 is 0 Å². The number of rotatable bonds is 3. The van der Waals surface area contributed by atoms with Gasteiger partial charge in [-0.3, -0.25) is 4.98 Å². The topological polar surface area (TPSA) is 63.8 Å². The number of hydrogen-bond acceptors (Lipinski definition) is 4. The van der Waals surface area contributed by atoms with Crippen LogP contribution in [0.3, 0.4) is 0 Å². The Kier molecular flexibility index (Phi) is 2.70. The number of aromatic nitrogens is 4. The molecule has 0 atom stereocenters. The molecule has 0 aromatic carbocycles. The smallest absolute Gasteiger partial charge is 0.114 e. The van der Waals surface area contributed by atoms with Gasteiger partial charge >= 0.3 is 0 Å². The molecule has 1 N–H and O–H groups in total. The Morgan fingerprint density at radius 2 is 2.19 bits per heavy atom. The summed E-state index contributed by atoms with van der Waals surface area (Å²) in [5, 5.41) is 17.6. The molecule has 0 amide bonds. The Balaban J connectivity index is 2.15. The second kappa shape index (κ2) is 4.02. The molecule has 0 bridgehead atoms. The number of nitrogens with zero attached hydrogens (tertiary/aromatic N) is 4. The van der Waals surface area contributed by atoms with Crippen molar-refractivity contribution in [2.75, 3.05) is 0 Å². The molecule has 2 aromatic heterocycles. The van der Waals surface area contributed by atoms with Crippen molar-refractivity contribution in [1.29, 1.82) is 0 Å². The van der Waals surface area contributed by atoms with Gasteiger partial charge in [-0.15, -0.1) is 5.10 Å². The van der Waals surface area contributed by atoms with Gasteiger partial charge in [0.2, 0.25) is 0 Å². The molecule has 0 saturated carbocycles. The normalized spacial score (nSPS) is 11.7. The maximum absolute atomic E-state index is 9.74. The van der Waals surface area contributed by atoms with Crippen molar-refractivity contribution >= 4 is 0 Å². The van der Waals surface area contributed by atoms with Crippen LogP contribution >= 0.6 is 0 Å². The molecule has 0 unspecified atom stereocenters.